The van der Waals surface area contributed by atoms with Gasteiger partial charge in [-0.3, -0.25) is 4.79 Å². The Bertz CT molecular complexity index is 621. The number of fused-ring (bicyclic) bond motifs is 1. The molecule has 1 aliphatic rings. The van der Waals surface area contributed by atoms with E-state index < -0.39 is 0 Å². The maximum absolute atomic E-state index is 12.4. The number of amides is 1. The zero-order valence-electron chi connectivity index (χ0n) is 15.9. The van der Waals surface area contributed by atoms with E-state index in [1.165, 1.54) is 24.1 Å². The number of nitrogens with one attached hydrogen (secondary N) is 1. The van der Waals surface area contributed by atoms with Gasteiger partial charge in [-0.1, -0.05) is 26.2 Å². The van der Waals surface area contributed by atoms with Gasteiger partial charge in [0.25, 0.3) is 0 Å². The predicted octanol–water partition coefficient (Wildman–Crippen LogP) is 3.70. The second-order valence-corrected chi connectivity index (χ2v) is 8.06. The van der Waals surface area contributed by atoms with Gasteiger partial charge in [0.05, 0.1) is 12.2 Å². The maximum Gasteiger partial charge on any atom is 0.226 e. The zero-order valence-corrected chi connectivity index (χ0v) is 16.7. The number of nitriles is 1. The lowest BCUT2D eigenvalue weighted by atomic mass is 10.1. The quantitative estimate of drug-likeness (QED) is 0.481. The second-order valence-electron chi connectivity index (χ2n) is 6.95. The highest BCUT2D eigenvalue weighted by molar-refractivity contribution is 7.16. The van der Waals surface area contributed by atoms with E-state index in [-0.39, 0.29) is 12.5 Å². The summed E-state index contributed by atoms with van der Waals surface area (Å²) in [7, 11) is 0. The molecule has 0 saturated heterocycles. The van der Waals surface area contributed by atoms with E-state index in [9.17, 15) is 15.2 Å². The van der Waals surface area contributed by atoms with E-state index in [0.29, 0.717) is 25.1 Å². The lowest BCUT2D eigenvalue weighted by Crippen LogP contribution is -2.31. The van der Waals surface area contributed by atoms with Crippen LogP contribution < -0.4 is 5.32 Å². The molecule has 144 valence electrons. The normalized spacial score (nSPS) is 13.9. The van der Waals surface area contributed by atoms with Crippen LogP contribution in [0.2, 0.25) is 0 Å². The molecule has 5 nitrogen and oxygen atoms in total. The Hall–Kier alpha value is -1.42. The van der Waals surface area contributed by atoms with Crippen molar-refractivity contribution < 1.29 is 9.90 Å². The van der Waals surface area contributed by atoms with Gasteiger partial charge in [-0.05, 0) is 44.2 Å². The highest BCUT2D eigenvalue weighted by Gasteiger charge is 2.21. The third-order valence-electron chi connectivity index (χ3n) is 4.94. The van der Waals surface area contributed by atoms with Crippen molar-refractivity contribution >= 4 is 22.2 Å². The molecule has 1 heterocycles. The number of rotatable bonds is 10. The Morgan fingerprint density at radius 2 is 2.04 bits per heavy atom. The van der Waals surface area contributed by atoms with Gasteiger partial charge in [0, 0.05) is 24.4 Å². The van der Waals surface area contributed by atoms with Gasteiger partial charge in [-0.2, -0.15) is 5.26 Å². The summed E-state index contributed by atoms with van der Waals surface area (Å²) in [6.07, 6.45) is 9.28. The van der Waals surface area contributed by atoms with Gasteiger partial charge in [-0.25, -0.2) is 0 Å². The molecule has 1 amide bonds. The highest BCUT2D eigenvalue weighted by Crippen LogP contribution is 2.36. The number of aliphatic hydroxyl groups is 1. The van der Waals surface area contributed by atoms with Crippen LogP contribution in [0, 0.1) is 11.3 Å². The van der Waals surface area contributed by atoms with Crippen molar-refractivity contribution in [1.29, 1.82) is 5.26 Å². The molecule has 1 aliphatic carbocycles. The van der Waals surface area contributed by atoms with E-state index in [1.807, 2.05) is 0 Å². The summed E-state index contributed by atoms with van der Waals surface area (Å²) in [5.74, 6) is -0.0451. The lowest BCUT2D eigenvalue weighted by Gasteiger charge is -2.20. The summed E-state index contributed by atoms with van der Waals surface area (Å²) >= 11 is 1.58. The van der Waals surface area contributed by atoms with Gasteiger partial charge >= 0.3 is 0 Å². The molecule has 0 spiro atoms. The molecule has 0 saturated carbocycles. The molecule has 1 aromatic rings. The van der Waals surface area contributed by atoms with Gasteiger partial charge in [0.2, 0.25) is 5.91 Å². The van der Waals surface area contributed by atoms with Crippen LogP contribution in [0.3, 0.4) is 0 Å². The molecule has 0 radical (unpaired) electrons. The largest absolute Gasteiger partial charge is 0.395 e. The first-order valence-corrected chi connectivity index (χ1v) is 10.7. The molecule has 6 heteroatoms. The molecular formula is C20H31N3O2S. The molecule has 1 aromatic heterocycles. The van der Waals surface area contributed by atoms with Crippen molar-refractivity contribution in [1.82, 2.24) is 4.90 Å². The highest BCUT2D eigenvalue weighted by atomic mass is 32.1. The minimum atomic E-state index is -0.0451. The van der Waals surface area contributed by atoms with E-state index in [0.717, 1.165) is 49.2 Å². The Morgan fingerprint density at radius 3 is 2.77 bits per heavy atom. The van der Waals surface area contributed by atoms with Crippen molar-refractivity contribution in [2.45, 2.75) is 64.7 Å². The molecule has 0 aliphatic heterocycles. The fourth-order valence-electron chi connectivity index (χ4n) is 3.46. The van der Waals surface area contributed by atoms with Gasteiger partial charge in [-0.15, -0.1) is 11.3 Å². The number of unbranched alkanes of at least 4 members (excludes halogenated alkanes) is 2. The zero-order chi connectivity index (χ0) is 18.8. The van der Waals surface area contributed by atoms with Crippen LogP contribution in [0.15, 0.2) is 0 Å². The number of aliphatic hydroxyl groups excluding tert-OH is 1. The van der Waals surface area contributed by atoms with Gasteiger partial charge in [0.1, 0.15) is 11.1 Å². The van der Waals surface area contributed by atoms with Crippen molar-refractivity contribution in [2.24, 2.45) is 0 Å². The van der Waals surface area contributed by atoms with Crippen LogP contribution in [0.4, 0.5) is 5.00 Å². The van der Waals surface area contributed by atoms with E-state index in [4.69, 9.17) is 0 Å². The monoisotopic (exact) mass is 377 g/mol. The number of hydrogen-bond donors (Lipinski definition) is 2. The Labute approximate surface area is 161 Å². The van der Waals surface area contributed by atoms with E-state index >= 15 is 0 Å². The summed E-state index contributed by atoms with van der Waals surface area (Å²) in [6.45, 7) is 4.44. The van der Waals surface area contributed by atoms with Crippen LogP contribution in [0.5, 0.6) is 0 Å². The van der Waals surface area contributed by atoms with Crippen LogP contribution in [-0.2, 0) is 17.6 Å². The molecule has 26 heavy (non-hydrogen) atoms. The SMILES string of the molecule is CCCCCN(CCO)CCC(=O)Nc1sc2c(c1C#N)CCCCC2. The second kappa shape index (κ2) is 11.3. The number of nitrogens with zero attached hydrogens (tertiary/aromatic N) is 2. The van der Waals surface area contributed by atoms with Gasteiger partial charge < -0.3 is 15.3 Å². The maximum atomic E-state index is 12.4. The lowest BCUT2D eigenvalue weighted by molar-refractivity contribution is -0.116. The summed E-state index contributed by atoms with van der Waals surface area (Å²) in [6, 6.07) is 2.31. The molecule has 2 N–H and O–H groups in total. The fourth-order valence-corrected chi connectivity index (χ4v) is 4.72. The first kappa shape index (κ1) is 20.9. The Balaban J connectivity index is 1.91. The van der Waals surface area contributed by atoms with E-state index in [1.54, 1.807) is 11.3 Å². The van der Waals surface area contributed by atoms with Crippen LogP contribution in [-0.4, -0.2) is 42.2 Å². The first-order chi connectivity index (χ1) is 12.7. The molecule has 0 fully saturated rings. The number of carbonyl (C=O) groups excluding carboxylic acids is 1. The number of hydrogen-bond acceptors (Lipinski definition) is 5. The Kier molecular flexibility index (Phi) is 9.10. The minimum absolute atomic E-state index is 0.0451. The summed E-state index contributed by atoms with van der Waals surface area (Å²) in [5.41, 5.74) is 1.84. The topological polar surface area (TPSA) is 76.4 Å². The van der Waals surface area contributed by atoms with Crippen LogP contribution in [0.25, 0.3) is 0 Å². The van der Waals surface area contributed by atoms with Crippen molar-refractivity contribution in [2.75, 3.05) is 31.6 Å². The minimum Gasteiger partial charge on any atom is -0.395 e. The van der Waals surface area contributed by atoms with Crippen molar-refractivity contribution in [3.05, 3.63) is 16.0 Å². The average molecular weight is 378 g/mol. The average Bonchev–Trinajstić information content (AvgIpc) is 2.79. The number of thiophene rings is 1. The molecule has 0 aromatic carbocycles. The molecule has 2 rings (SSSR count). The molecule has 0 bridgehead atoms. The first-order valence-electron chi connectivity index (χ1n) is 9.87. The smallest absolute Gasteiger partial charge is 0.226 e. The third-order valence-corrected chi connectivity index (χ3v) is 6.14. The fraction of sp³-hybridized carbons (Fsp3) is 0.700. The Morgan fingerprint density at radius 1 is 1.23 bits per heavy atom. The van der Waals surface area contributed by atoms with Gasteiger partial charge in [0.15, 0.2) is 0 Å². The van der Waals surface area contributed by atoms with Crippen LogP contribution >= 0.6 is 11.3 Å². The van der Waals surface area contributed by atoms with E-state index in [2.05, 4.69) is 23.2 Å². The van der Waals surface area contributed by atoms with Crippen LogP contribution in [0.1, 0.15) is 67.9 Å². The predicted molar refractivity (Wildman–Crippen MR) is 107 cm³/mol. The van der Waals surface area contributed by atoms with Crippen molar-refractivity contribution in [3.8, 4) is 6.07 Å². The van der Waals surface area contributed by atoms with Crippen molar-refractivity contribution in [3.63, 3.8) is 0 Å². The molecular weight excluding hydrogens is 346 g/mol. The third kappa shape index (κ3) is 6.08. The number of anilines is 1. The number of carbonyl (C=O) groups is 1. The summed E-state index contributed by atoms with van der Waals surface area (Å²) in [5, 5.41) is 22.4. The summed E-state index contributed by atoms with van der Waals surface area (Å²) in [4.78, 5) is 15.8. The number of aryl methyl sites for hydroxylation is 1. The molecule has 0 unspecified atom stereocenters. The standard InChI is InChI=1S/C20H31N3O2S/c1-2-3-7-11-23(13-14-24)12-10-19(25)22-20-17(15-21)16-8-5-4-6-9-18(16)26-20/h24H,2-14H2,1H3,(H,22,25). The summed E-state index contributed by atoms with van der Waals surface area (Å²) < 4.78 is 0. The molecule has 0 atom stereocenters.